The van der Waals surface area contributed by atoms with Crippen LogP contribution < -0.4 is 10.2 Å². The number of carbonyl (C=O) groups is 1. The van der Waals surface area contributed by atoms with Gasteiger partial charge in [0.05, 0.1) is 11.7 Å². The number of aryl methyl sites for hydroxylation is 2. The van der Waals surface area contributed by atoms with Gasteiger partial charge in [-0.05, 0) is 49.4 Å². The first kappa shape index (κ1) is 17.7. The fourth-order valence-corrected chi connectivity index (χ4v) is 4.58. The van der Waals surface area contributed by atoms with Crippen molar-refractivity contribution in [2.24, 2.45) is 0 Å². The van der Waals surface area contributed by atoms with Gasteiger partial charge >= 0.3 is 0 Å². The van der Waals surface area contributed by atoms with E-state index in [0.717, 1.165) is 35.8 Å². The van der Waals surface area contributed by atoms with Crippen LogP contribution in [0.2, 0.25) is 0 Å². The van der Waals surface area contributed by atoms with Gasteiger partial charge in [0.2, 0.25) is 0 Å². The highest BCUT2D eigenvalue weighted by Crippen LogP contribution is 2.33. The Morgan fingerprint density at radius 2 is 1.89 bits per heavy atom. The van der Waals surface area contributed by atoms with Crippen LogP contribution in [0.3, 0.4) is 0 Å². The summed E-state index contributed by atoms with van der Waals surface area (Å²) in [6.45, 7) is 1.91. The van der Waals surface area contributed by atoms with Gasteiger partial charge in [-0.1, -0.05) is 53.8 Å². The second kappa shape index (κ2) is 7.53. The van der Waals surface area contributed by atoms with E-state index in [1.165, 1.54) is 22.5 Å². The predicted molar refractivity (Wildman–Crippen MR) is 111 cm³/mol. The number of nitrogens with zero attached hydrogens (tertiary/aromatic N) is 2. The molecule has 1 atom stereocenters. The Morgan fingerprint density at radius 1 is 1.15 bits per heavy atom. The van der Waals surface area contributed by atoms with E-state index in [2.05, 4.69) is 28.5 Å². The Balaban J connectivity index is 1.54. The summed E-state index contributed by atoms with van der Waals surface area (Å²) in [7, 11) is 1.98. The third kappa shape index (κ3) is 3.60. The minimum absolute atomic E-state index is 0.0283. The minimum Gasteiger partial charge on any atom is -0.344 e. The van der Waals surface area contributed by atoms with Gasteiger partial charge in [-0.3, -0.25) is 4.79 Å². The third-order valence-electron chi connectivity index (χ3n) is 5.10. The highest BCUT2D eigenvalue weighted by molar-refractivity contribution is 7.17. The van der Waals surface area contributed by atoms with Gasteiger partial charge in [-0.15, -0.1) is 0 Å². The molecule has 1 unspecified atom stereocenters. The summed E-state index contributed by atoms with van der Waals surface area (Å²) >= 11 is 1.44. The molecular weight excluding hydrogens is 354 g/mol. The second-order valence-electron chi connectivity index (χ2n) is 6.92. The average molecular weight is 378 g/mol. The van der Waals surface area contributed by atoms with Crippen molar-refractivity contribution < 1.29 is 4.79 Å². The fraction of sp³-hybridized carbons (Fsp3) is 0.273. The molecular formula is C22H23N3OS. The van der Waals surface area contributed by atoms with Crippen LogP contribution in [0.25, 0.3) is 0 Å². The molecule has 27 heavy (non-hydrogen) atoms. The molecule has 0 radical (unpaired) electrons. The molecule has 4 rings (SSSR count). The maximum atomic E-state index is 13.0. The summed E-state index contributed by atoms with van der Waals surface area (Å²) < 4.78 is 0. The Morgan fingerprint density at radius 3 is 2.70 bits per heavy atom. The number of hydrogen-bond acceptors (Lipinski definition) is 4. The number of nitrogens with one attached hydrogen (secondary N) is 1. The summed E-state index contributed by atoms with van der Waals surface area (Å²) in [6, 6.07) is 18.6. The summed E-state index contributed by atoms with van der Waals surface area (Å²) in [4.78, 5) is 20.3. The molecule has 0 saturated carbocycles. The number of fused-ring (bicyclic) bond motifs is 1. The molecule has 1 heterocycles. The molecule has 4 nitrogen and oxygen atoms in total. The number of amides is 1. The lowest BCUT2D eigenvalue weighted by Crippen LogP contribution is -2.30. The molecule has 0 saturated heterocycles. The molecule has 5 heteroatoms. The number of anilines is 2. The largest absolute Gasteiger partial charge is 0.344 e. The molecule has 0 fully saturated rings. The molecule has 1 aliphatic rings. The number of carbonyl (C=O) groups excluding carboxylic acids is 1. The van der Waals surface area contributed by atoms with E-state index in [9.17, 15) is 4.79 Å². The van der Waals surface area contributed by atoms with Crippen molar-refractivity contribution in [2.45, 2.75) is 32.2 Å². The van der Waals surface area contributed by atoms with Gasteiger partial charge in [0.25, 0.3) is 5.91 Å². The molecule has 0 aliphatic heterocycles. The van der Waals surface area contributed by atoms with Gasteiger partial charge in [0.15, 0.2) is 5.13 Å². The Bertz CT molecular complexity index is 951. The van der Waals surface area contributed by atoms with E-state index >= 15 is 0 Å². The van der Waals surface area contributed by atoms with Crippen LogP contribution in [-0.2, 0) is 6.42 Å². The summed E-state index contributed by atoms with van der Waals surface area (Å²) in [5.41, 5.74) is 4.43. The lowest BCUT2D eigenvalue weighted by Gasteiger charge is -2.26. The van der Waals surface area contributed by atoms with E-state index in [4.69, 9.17) is 0 Å². The Hall–Kier alpha value is -2.66. The molecule has 138 valence electrons. The highest BCUT2D eigenvalue weighted by atomic mass is 32.1. The monoisotopic (exact) mass is 377 g/mol. The molecule has 1 aromatic heterocycles. The number of aromatic nitrogens is 1. The zero-order chi connectivity index (χ0) is 18.8. The smallest absolute Gasteiger partial charge is 0.263 e. The first-order chi connectivity index (χ1) is 13.1. The van der Waals surface area contributed by atoms with Crippen molar-refractivity contribution in [2.75, 3.05) is 11.9 Å². The molecule has 1 aliphatic carbocycles. The van der Waals surface area contributed by atoms with Crippen molar-refractivity contribution >= 4 is 28.1 Å². The van der Waals surface area contributed by atoms with E-state index < -0.39 is 0 Å². The zero-order valence-corrected chi connectivity index (χ0v) is 16.4. The SMILES string of the molecule is Cc1nc(N(C)c2ccccc2)sc1C(=O)NC1CCCc2ccccc21. The van der Waals surface area contributed by atoms with Crippen molar-refractivity contribution in [1.29, 1.82) is 0 Å². The summed E-state index contributed by atoms with van der Waals surface area (Å²) in [5, 5.41) is 4.06. The van der Waals surface area contributed by atoms with E-state index in [0.29, 0.717) is 4.88 Å². The summed E-state index contributed by atoms with van der Waals surface area (Å²) in [6.07, 6.45) is 3.18. The van der Waals surface area contributed by atoms with Crippen molar-refractivity contribution in [1.82, 2.24) is 10.3 Å². The predicted octanol–water partition coefficient (Wildman–Crippen LogP) is 5.03. The van der Waals surface area contributed by atoms with E-state index in [1.54, 1.807) is 0 Å². The molecule has 0 bridgehead atoms. The molecule has 1 N–H and O–H groups in total. The second-order valence-corrected chi connectivity index (χ2v) is 7.90. The van der Waals surface area contributed by atoms with Crippen LogP contribution in [0, 0.1) is 6.92 Å². The van der Waals surface area contributed by atoms with Gasteiger partial charge < -0.3 is 10.2 Å². The fourth-order valence-electron chi connectivity index (χ4n) is 3.63. The first-order valence-electron chi connectivity index (χ1n) is 9.28. The zero-order valence-electron chi connectivity index (χ0n) is 15.6. The number of hydrogen-bond donors (Lipinski definition) is 1. The van der Waals surface area contributed by atoms with Gasteiger partial charge in [-0.2, -0.15) is 0 Å². The quantitative estimate of drug-likeness (QED) is 0.694. The maximum absolute atomic E-state index is 13.0. The van der Waals surface area contributed by atoms with Gasteiger partial charge in [-0.25, -0.2) is 4.98 Å². The van der Waals surface area contributed by atoms with E-state index in [-0.39, 0.29) is 11.9 Å². The topological polar surface area (TPSA) is 45.2 Å². The van der Waals surface area contributed by atoms with Crippen molar-refractivity contribution in [3.05, 3.63) is 76.3 Å². The first-order valence-corrected chi connectivity index (χ1v) is 10.1. The van der Waals surface area contributed by atoms with Crippen LogP contribution >= 0.6 is 11.3 Å². The minimum atomic E-state index is -0.0283. The van der Waals surface area contributed by atoms with Gasteiger partial charge in [0, 0.05) is 12.7 Å². The van der Waals surface area contributed by atoms with Crippen molar-refractivity contribution in [3.63, 3.8) is 0 Å². The Labute approximate surface area is 163 Å². The van der Waals surface area contributed by atoms with Crippen LogP contribution in [0.5, 0.6) is 0 Å². The molecule has 0 spiro atoms. The number of benzene rings is 2. The lowest BCUT2D eigenvalue weighted by molar-refractivity contribution is 0.0936. The molecule has 2 aromatic carbocycles. The standard InChI is InChI=1S/C22H23N3OS/c1-15-20(27-22(23-15)25(2)17-11-4-3-5-12-17)21(26)24-19-14-8-10-16-9-6-7-13-18(16)19/h3-7,9,11-13,19H,8,10,14H2,1-2H3,(H,24,26). The molecule has 3 aromatic rings. The normalized spacial score (nSPS) is 15.9. The Kier molecular flexibility index (Phi) is 4.94. The van der Waals surface area contributed by atoms with Crippen LogP contribution in [0.4, 0.5) is 10.8 Å². The van der Waals surface area contributed by atoms with Crippen LogP contribution in [-0.4, -0.2) is 17.9 Å². The highest BCUT2D eigenvalue weighted by Gasteiger charge is 2.24. The number of para-hydroxylation sites is 1. The molecule has 1 amide bonds. The lowest BCUT2D eigenvalue weighted by atomic mass is 9.88. The summed E-state index contributed by atoms with van der Waals surface area (Å²) in [5.74, 6) is -0.0283. The van der Waals surface area contributed by atoms with Gasteiger partial charge in [0.1, 0.15) is 4.88 Å². The third-order valence-corrected chi connectivity index (χ3v) is 6.33. The van der Waals surface area contributed by atoms with Crippen molar-refractivity contribution in [3.8, 4) is 0 Å². The average Bonchev–Trinajstić information content (AvgIpc) is 3.10. The number of thiazole rings is 1. The van der Waals surface area contributed by atoms with Crippen LogP contribution in [0.15, 0.2) is 54.6 Å². The van der Waals surface area contributed by atoms with E-state index in [1.807, 2.05) is 55.3 Å². The maximum Gasteiger partial charge on any atom is 0.263 e. The van der Waals surface area contributed by atoms with Crippen LogP contribution in [0.1, 0.15) is 45.4 Å². The number of rotatable bonds is 4.